The van der Waals surface area contributed by atoms with Crippen LogP contribution in [0, 0.1) is 0 Å². The topological polar surface area (TPSA) is 52.6 Å². The first-order valence-corrected chi connectivity index (χ1v) is 7.59. The Morgan fingerprint density at radius 1 is 1.35 bits per heavy atom. The molecule has 2 N–H and O–H groups in total. The minimum absolute atomic E-state index is 0.0797. The van der Waals surface area contributed by atoms with Crippen molar-refractivity contribution in [2.45, 2.75) is 37.0 Å². The van der Waals surface area contributed by atoms with Crippen LogP contribution in [0.3, 0.4) is 0 Å². The number of aliphatic hydroxyl groups excluding tert-OH is 1. The van der Waals surface area contributed by atoms with Gasteiger partial charge in [-0.15, -0.1) is 11.8 Å². The van der Waals surface area contributed by atoms with Gasteiger partial charge >= 0.3 is 0 Å². The molecule has 0 saturated carbocycles. The van der Waals surface area contributed by atoms with E-state index in [9.17, 15) is 9.90 Å². The number of carbonyl (C=O) groups excluding carboxylic acids is 1. The molecule has 2 heterocycles. The first-order chi connectivity index (χ1) is 8.31. The molecule has 2 aliphatic heterocycles. The number of hydrogen-bond acceptors (Lipinski definition) is 4. The van der Waals surface area contributed by atoms with Crippen LogP contribution in [0.25, 0.3) is 0 Å². The van der Waals surface area contributed by atoms with E-state index in [1.165, 1.54) is 12.8 Å². The molecule has 0 aromatic heterocycles. The Morgan fingerprint density at radius 3 is 2.82 bits per heavy atom. The van der Waals surface area contributed by atoms with Gasteiger partial charge in [0.05, 0.1) is 18.4 Å². The molecule has 0 unspecified atom stereocenters. The van der Waals surface area contributed by atoms with Gasteiger partial charge in [0.25, 0.3) is 0 Å². The maximum absolute atomic E-state index is 12.0. The van der Waals surface area contributed by atoms with Crippen molar-refractivity contribution in [2.24, 2.45) is 0 Å². The number of hydrogen-bond donors (Lipinski definition) is 2. The summed E-state index contributed by atoms with van der Waals surface area (Å²) in [5.41, 5.74) is 0. The molecule has 1 atom stereocenters. The predicted octanol–water partition coefficient (Wildman–Crippen LogP) is 0.455. The van der Waals surface area contributed by atoms with Crippen LogP contribution in [0.4, 0.5) is 0 Å². The van der Waals surface area contributed by atoms with E-state index in [1.807, 2.05) is 4.90 Å². The normalized spacial score (nSPS) is 26.4. The van der Waals surface area contributed by atoms with Crippen LogP contribution < -0.4 is 5.32 Å². The van der Waals surface area contributed by atoms with E-state index < -0.39 is 0 Å². The lowest BCUT2D eigenvalue weighted by atomic mass is 10.2. The van der Waals surface area contributed by atoms with Crippen LogP contribution in [0.15, 0.2) is 0 Å². The molecular formula is C12H22N2O2S. The first-order valence-electron chi connectivity index (χ1n) is 6.54. The molecule has 0 aromatic carbocycles. The Morgan fingerprint density at radius 2 is 2.12 bits per heavy atom. The smallest absolute Gasteiger partial charge is 0.232 e. The summed E-state index contributed by atoms with van der Waals surface area (Å²) in [4.78, 5) is 13.9. The Balaban J connectivity index is 1.72. The molecule has 0 spiro atoms. The van der Waals surface area contributed by atoms with Crippen molar-refractivity contribution < 1.29 is 9.90 Å². The number of piperidine rings is 1. The second-order valence-electron chi connectivity index (χ2n) is 4.83. The highest BCUT2D eigenvalue weighted by atomic mass is 32.2. The van der Waals surface area contributed by atoms with Crippen molar-refractivity contribution in [3.63, 3.8) is 0 Å². The van der Waals surface area contributed by atoms with Crippen LogP contribution in [-0.2, 0) is 4.79 Å². The predicted molar refractivity (Wildman–Crippen MR) is 70.2 cm³/mol. The lowest BCUT2D eigenvalue weighted by Crippen LogP contribution is -2.39. The van der Waals surface area contributed by atoms with E-state index in [-0.39, 0.29) is 18.6 Å². The number of carbonyl (C=O) groups is 1. The van der Waals surface area contributed by atoms with Crippen molar-refractivity contribution >= 4 is 17.7 Å². The van der Waals surface area contributed by atoms with Crippen LogP contribution in [0.1, 0.15) is 25.7 Å². The summed E-state index contributed by atoms with van der Waals surface area (Å²) in [6, 6.07) is 0.0797. The zero-order chi connectivity index (χ0) is 12.1. The molecule has 0 aliphatic carbocycles. The van der Waals surface area contributed by atoms with Crippen LogP contribution >= 0.6 is 11.8 Å². The van der Waals surface area contributed by atoms with Crippen LogP contribution in [-0.4, -0.2) is 59.2 Å². The molecule has 0 bridgehead atoms. The Hall–Kier alpha value is -0.260. The zero-order valence-electron chi connectivity index (χ0n) is 10.2. The molecule has 98 valence electrons. The third-order valence-corrected chi connectivity index (χ3v) is 4.99. The van der Waals surface area contributed by atoms with Gasteiger partial charge in [0.2, 0.25) is 5.91 Å². The molecule has 2 rings (SSSR count). The van der Waals surface area contributed by atoms with Gasteiger partial charge in [-0.25, -0.2) is 0 Å². The van der Waals surface area contributed by atoms with Gasteiger partial charge in [-0.05, 0) is 38.8 Å². The Labute approximate surface area is 107 Å². The molecule has 2 fully saturated rings. The largest absolute Gasteiger partial charge is 0.394 e. The van der Waals surface area contributed by atoms with E-state index in [4.69, 9.17) is 0 Å². The molecule has 0 radical (unpaired) electrons. The number of aliphatic hydroxyl groups is 1. The summed E-state index contributed by atoms with van der Waals surface area (Å²) in [6.45, 7) is 3.10. The molecule has 4 nitrogen and oxygen atoms in total. The lowest BCUT2D eigenvalue weighted by Gasteiger charge is -2.25. The number of nitrogens with one attached hydrogen (secondary N) is 1. The third-order valence-electron chi connectivity index (χ3n) is 3.64. The van der Waals surface area contributed by atoms with Gasteiger partial charge < -0.3 is 15.3 Å². The highest BCUT2D eigenvalue weighted by Gasteiger charge is 2.28. The fourth-order valence-corrected chi connectivity index (χ4v) is 3.70. The quantitative estimate of drug-likeness (QED) is 0.769. The summed E-state index contributed by atoms with van der Waals surface area (Å²) in [5.74, 6) is 0.798. The molecule has 5 heteroatoms. The highest BCUT2D eigenvalue weighted by Crippen LogP contribution is 2.23. The standard InChI is InChI=1S/C12H22N2O2S/c15-8-10-2-1-7-14(10)12(16)9-17-11-3-5-13-6-4-11/h10-11,13,15H,1-9H2/t10-/m1/s1. The summed E-state index contributed by atoms with van der Waals surface area (Å²) in [5, 5.41) is 13.2. The minimum Gasteiger partial charge on any atom is -0.394 e. The Kier molecular flexibility index (Phi) is 5.13. The fraction of sp³-hybridized carbons (Fsp3) is 0.917. The van der Waals surface area contributed by atoms with Crippen molar-refractivity contribution in [1.82, 2.24) is 10.2 Å². The second-order valence-corrected chi connectivity index (χ2v) is 6.11. The van der Waals surface area contributed by atoms with E-state index in [2.05, 4.69) is 5.32 Å². The summed E-state index contributed by atoms with van der Waals surface area (Å²) < 4.78 is 0. The number of likely N-dealkylation sites (tertiary alicyclic amines) is 1. The van der Waals surface area contributed by atoms with E-state index >= 15 is 0 Å². The first kappa shape index (κ1) is 13.2. The maximum Gasteiger partial charge on any atom is 0.232 e. The highest BCUT2D eigenvalue weighted by molar-refractivity contribution is 8.00. The summed E-state index contributed by atoms with van der Waals surface area (Å²) >= 11 is 1.79. The van der Waals surface area contributed by atoms with Crippen LogP contribution in [0.2, 0.25) is 0 Å². The summed E-state index contributed by atoms with van der Waals surface area (Å²) in [6.07, 6.45) is 4.33. The van der Waals surface area contributed by atoms with Gasteiger partial charge in [-0.3, -0.25) is 4.79 Å². The third kappa shape index (κ3) is 3.60. The molecule has 2 saturated heterocycles. The molecule has 0 aromatic rings. The van der Waals surface area contributed by atoms with Gasteiger partial charge in [0.15, 0.2) is 0 Å². The minimum atomic E-state index is 0.0797. The SMILES string of the molecule is O=C(CSC1CCNCC1)N1CCC[C@@H]1CO. The fourth-order valence-electron chi connectivity index (χ4n) is 2.59. The van der Waals surface area contributed by atoms with Crippen molar-refractivity contribution in [3.8, 4) is 0 Å². The zero-order valence-corrected chi connectivity index (χ0v) is 11.0. The lowest BCUT2D eigenvalue weighted by molar-refractivity contribution is -0.129. The summed E-state index contributed by atoms with van der Waals surface area (Å²) in [7, 11) is 0. The number of amides is 1. The second kappa shape index (κ2) is 6.61. The average Bonchev–Trinajstić information content (AvgIpc) is 2.85. The monoisotopic (exact) mass is 258 g/mol. The molecule has 17 heavy (non-hydrogen) atoms. The van der Waals surface area contributed by atoms with Crippen LogP contribution in [0.5, 0.6) is 0 Å². The molecule has 1 amide bonds. The van der Waals surface area contributed by atoms with Crippen molar-refractivity contribution in [2.75, 3.05) is 32.0 Å². The van der Waals surface area contributed by atoms with Crippen molar-refractivity contribution in [1.29, 1.82) is 0 Å². The van der Waals surface area contributed by atoms with Gasteiger partial charge in [-0.1, -0.05) is 0 Å². The van der Waals surface area contributed by atoms with Gasteiger partial charge in [0.1, 0.15) is 0 Å². The number of thioether (sulfide) groups is 1. The molecule has 2 aliphatic rings. The maximum atomic E-state index is 12.0. The Bertz CT molecular complexity index is 257. The van der Waals surface area contributed by atoms with Gasteiger partial charge in [-0.2, -0.15) is 0 Å². The number of nitrogens with zero attached hydrogens (tertiary/aromatic N) is 1. The molecular weight excluding hydrogens is 236 g/mol. The number of rotatable bonds is 4. The van der Waals surface area contributed by atoms with E-state index in [0.29, 0.717) is 11.0 Å². The van der Waals surface area contributed by atoms with E-state index in [1.54, 1.807) is 11.8 Å². The van der Waals surface area contributed by atoms with E-state index in [0.717, 1.165) is 32.5 Å². The average molecular weight is 258 g/mol. The van der Waals surface area contributed by atoms with Gasteiger partial charge in [0, 0.05) is 11.8 Å². The van der Waals surface area contributed by atoms with Crippen molar-refractivity contribution in [3.05, 3.63) is 0 Å².